The molecule has 0 amide bonds. The van der Waals surface area contributed by atoms with Gasteiger partial charge in [-0.05, 0) is 48.6 Å². The van der Waals surface area contributed by atoms with Crippen molar-refractivity contribution in [2.75, 3.05) is 0 Å². The van der Waals surface area contributed by atoms with Gasteiger partial charge in [0.05, 0.1) is 6.07 Å². The van der Waals surface area contributed by atoms with E-state index in [1.54, 1.807) is 0 Å². The van der Waals surface area contributed by atoms with Crippen molar-refractivity contribution in [2.24, 2.45) is 0 Å². The molecule has 1 aromatic carbocycles. The third-order valence-corrected chi connectivity index (χ3v) is 2.56. The van der Waals surface area contributed by atoms with Gasteiger partial charge in [0, 0.05) is 6.08 Å². The van der Waals surface area contributed by atoms with E-state index in [9.17, 15) is 0 Å². The summed E-state index contributed by atoms with van der Waals surface area (Å²) in [5.41, 5.74) is 4.99. The van der Waals surface area contributed by atoms with E-state index >= 15 is 0 Å². The van der Waals surface area contributed by atoms with Gasteiger partial charge in [-0.1, -0.05) is 31.2 Å². The first kappa shape index (κ1) is 12.3. The van der Waals surface area contributed by atoms with E-state index in [0.29, 0.717) is 0 Å². The Labute approximate surface area is 97.7 Å². The average Bonchev–Trinajstić information content (AvgIpc) is 2.29. The molecule has 0 heterocycles. The molecule has 1 heteroatoms. The van der Waals surface area contributed by atoms with E-state index in [1.807, 2.05) is 19.1 Å². The number of allylic oxidation sites excluding steroid dienone is 2. The summed E-state index contributed by atoms with van der Waals surface area (Å²) in [6.45, 7) is 6.29. The second-order valence-electron chi connectivity index (χ2n) is 3.73. The lowest BCUT2D eigenvalue weighted by Crippen LogP contribution is -1.92. The van der Waals surface area contributed by atoms with Gasteiger partial charge in [0.15, 0.2) is 0 Å². The number of aryl methyl sites for hydroxylation is 2. The Hall–Kier alpha value is -1.81. The van der Waals surface area contributed by atoms with Crippen molar-refractivity contribution in [1.29, 1.82) is 5.26 Å². The topological polar surface area (TPSA) is 23.8 Å². The fraction of sp³-hybridized carbons (Fsp3) is 0.267. The molecule has 0 aliphatic heterocycles. The number of benzene rings is 1. The van der Waals surface area contributed by atoms with Crippen LogP contribution >= 0.6 is 0 Å². The first-order chi connectivity index (χ1) is 7.72. The van der Waals surface area contributed by atoms with Crippen LogP contribution in [-0.2, 0) is 6.42 Å². The van der Waals surface area contributed by atoms with Crippen LogP contribution in [0.3, 0.4) is 0 Å². The van der Waals surface area contributed by atoms with Crippen molar-refractivity contribution in [1.82, 2.24) is 0 Å². The summed E-state index contributed by atoms with van der Waals surface area (Å²) in [5.74, 6) is 0. The van der Waals surface area contributed by atoms with Crippen molar-refractivity contribution in [3.63, 3.8) is 0 Å². The Bertz CT molecular complexity index is 459. The molecule has 0 saturated heterocycles. The predicted octanol–water partition coefficient (Wildman–Crippen LogP) is 4.13. The zero-order valence-electron chi connectivity index (χ0n) is 10.1. The zero-order chi connectivity index (χ0) is 12.0. The summed E-state index contributed by atoms with van der Waals surface area (Å²) >= 11 is 0. The van der Waals surface area contributed by atoms with Gasteiger partial charge in [0.2, 0.25) is 0 Å². The average molecular weight is 211 g/mol. The predicted molar refractivity (Wildman–Crippen MR) is 69.9 cm³/mol. The fourth-order valence-corrected chi connectivity index (χ4v) is 1.83. The molecule has 0 aliphatic carbocycles. The molecular weight excluding hydrogens is 194 g/mol. The molecule has 0 aliphatic rings. The molecule has 1 aromatic rings. The molecule has 0 fully saturated rings. The van der Waals surface area contributed by atoms with Crippen LogP contribution in [0, 0.1) is 18.3 Å². The van der Waals surface area contributed by atoms with Crippen LogP contribution in [0.5, 0.6) is 0 Å². The van der Waals surface area contributed by atoms with E-state index in [0.717, 1.165) is 12.0 Å². The van der Waals surface area contributed by atoms with E-state index in [2.05, 4.69) is 38.1 Å². The van der Waals surface area contributed by atoms with Crippen molar-refractivity contribution >= 4 is 12.2 Å². The molecular formula is C15H17N. The van der Waals surface area contributed by atoms with Gasteiger partial charge in [0.1, 0.15) is 0 Å². The Kier molecular flexibility index (Phi) is 4.54. The van der Waals surface area contributed by atoms with Crippen LogP contribution in [0.15, 0.2) is 24.3 Å². The van der Waals surface area contributed by atoms with Crippen molar-refractivity contribution in [3.05, 3.63) is 46.5 Å². The van der Waals surface area contributed by atoms with Gasteiger partial charge in [-0.15, -0.1) is 0 Å². The summed E-state index contributed by atoms with van der Waals surface area (Å²) < 4.78 is 0. The normalized spacial score (nSPS) is 11.1. The summed E-state index contributed by atoms with van der Waals surface area (Å²) in [5, 5.41) is 8.51. The van der Waals surface area contributed by atoms with E-state index in [4.69, 9.17) is 5.26 Å². The highest BCUT2D eigenvalue weighted by Crippen LogP contribution is 2.20. The molecule has 16 heavy (non-hydrogen) atoms. The summed E-state index contributed by atoms with van der Waals surface area (Å²) in [6.07, 6.45) is 8.59. The first-order valence-corrected chi connectivity index (χ1v) is 5.55. The molecule has 0 unspecified atom stereocenters. The highest BCUT2D eigenvalue weighted by molar-refractivity contribution is 5.63. The second-order valence-corrected chi connectivity index (χ2v) is 3.73. The molecule has 0 N–H and O–H groups in total. The Morgan fingerprint density at radius 2 is 2.06 bits per heavy atom. The van der Waals surface area contributed by atoms with Gasteiger partial charge < -0.3 is 0 Å². The van der Waals surface area contributed by atoms with Crippen LogP contribution in [0.25, 0.3) is 12.2 Å². The third kappa shape index (κ3) is 2.84. The number of nitriles is 1. The second kappa shape index (κ2) is 5.92. The lowest BCUT2D eigenvalue weighted by molar-refractivity contribution is 1.12. The molecule has 0 atom stereocenters. The van der Waals surface area contributed by atoms with Gasteiger partial charge in [-0.3, -0.25) is 0 Å². The maximum absolute atomic E-state index is 8.51. The van der Waals surface area contributed by atoms with Crippen molar-refractivity contribution < 1.29 is 0 Å². The number of hydrogen-bond donors (Lipinski definition) is 0. The Morgan fingerprint density at radius 3 is 2.62 bits per heavy atom. The molecule has 0 bridgehead atoms. The lowest BCUT2D eigenvalue weighted by atomic mass is 9.96. The molecule has 0 saturated carbocycles. The monoisotopic (exact) mass is 211 g/mol. The van der Waals surface area contributed by atoms with Gasteiger partial charge in [-0.2, -0.15) is 5.26 Å². The SMILES string of the molecule is C/C=C/c1c(C)cc(/C=C/C#N)cc1CC. The molecule has 0 aromatic heterocycles. The summed E-state index contributed by atoms with van der Waals surface area (Å²) in [6, 6.07) is 6.28. The van der Waals surface area contributed by atoms with Crippen LogP contribution < -0.4 is 0 Å². The highest BCUT2D eigenvalue weighted by atomic mass is 14.2. The smallest absolute Gasteiger partial charge is 0.0912 e. The molecule has 0 radical (unpaired) electrons. The van der Waals surface area contributed by atoms with E-state index < -0.39 is 0 Å². The minimum atomic E-state index is 1.01. The van der Waals surface area contributed by atoms with Crippen LogP contribution in [0.2, 0.25) is 0 Å². The number of hydrogen-bond acceptors (Lipinski definition) is 1. The van der Waals surface area contributed by atoms with Crippen LogP contribution in [0.4, 0.5) is 0 Å². The molecule has 1 nitrogen and oxygen atoms in total. The van der Waals surface area contributed by atoms with Crippen molar-refractivity contribution in [3.8, 4) is 6.07 Å². The maximum Gasteiger partial charge on any atom is 0.0912 e. The summed E-state index contributed by atoms with van der Waals surface area (Å²) in [4.78, 5) is 0. The van der Waals surface area contributed by atoms with Crippen LogP contribution in [0.1, 0.15) is 36.1 Å². The lowest BCUT2D eigenvalue weighted by Gasteiger charge is -2.09. The van der Waals surface area contributed by atoms with E-state index in [-0.39, 0.29) is 0 Å². The van der Waals surface area contributed by atoms with E-state index in [1.165, 1.54) is 22.8 Å². The summed E-state index contributed by atoms with van der Waals surface area (Å²) in [7, 11) is 0. The van der Waals surface area contributed by atoms with Crippen LogP contribution in [-0.4, -0.2) is 0 Å². The maximum atomic E-state index is 8.51. The molecule has 0 spiro atoms. The van der Waals surface area contributed by atoms with Gasteiger partial charge in [-0.25, -0.2) is 0 Å². The Balaban J connectivity index is 3.27. The molecule has 1 rings (SSSR count). The zero-order valence-corrected chi connectivity index (χ0v) is 10.1. The van der Waals surface area contributed by atoms with Gasteiger partial charge >= 0.3 is 0 Å². The van der Waals surface area contributed by atoms with Crippen molar-refractivity contribution in [2.45, 2.75) is 27.2 Å². The largest absolute Gasteiger partial charge is 0.193 e. The minimum Gasteiger partial charge on any atom is -0.193 e. The molecule has 82 valence electrons. The highest BCUT2D eigenvalue weighted by Gasteiger charge is 2.02. The quantitative estimate of drug-likeness (QED) is 0.690. The first-order valence-electron chi connectivity index (χ1n) is 5.55. The van der Waals surface area contributed by atoms with Gasteiger partial charge in [0.25, 0.3) is 0 Å². The number of rotatable bonds is 3. The standard InChI is InChI=1S/C15H17N/c1-4-7-15-12(3)10-13(8-6-9-16)11-14(15)5-2/h4,6-8,10-11H,5H2,1-3H3/b7-4+,8-6+. The minimum absolute atomic E-state index is 1.01. The third-order valence-electron chi connectivity index (χ3n) is 2.56. The number of nitrogens with zero attached hydrogens (tertiary/aromatic N) is 1. The fourth-order valence-electron chi connectivity index (χ4n) is 1.83. The Morgan fingerprint density at radius 1 is 1.31 bits per heavy atom.